The van der Waals surface area contributed by atoms with Crippen LogP contribution < -0.4 is 10.1 Å². The van der Waals surface area contributed by atoms with E-state index in [1.807, 2.05) is 50.2 Å². The molecule has 1 amide bonds. The Balaban J connectivity index is 2.20. The van der Waals surface area contributed by atoms with Gasteiger partial charge in [-0.25, -0.2) is 0 Å². The Morgan fingerprint density at radius 1 is 1.28 bits per heavy atom. The number of anilines is 1. The first kappa shape index (κ1) is 18.0. The van der Waals surface area contributed by atoms with E-state index in [-0.39, 0.29) is 5.57 Å². The summed E-state index contributed by atoms with van der Waals surface area (Å²) in [6, 6.07) is 14.9. The van der Waals surface area contributed by atoms with E-state index in [9.17, 15) is 10.1 Å². The van der Waals surface area contributed by atoms with Crippen molar-refractivity contribution in [2.45, 2.75) is 13.8 Å². The Bertz CT molecular complexity index is 860. The molecule has 2 aromatic carbocycles. The number of carbonyl (C=O) groups is 1. The van der Waals surface area contributed by atoms with Crippen LogP contribution in [0.2, 0.25) is 0 Å². The van der Waals surface area contributed by atoms with Gasteiger partial charge in [-0.3, -0.25) is 4.79 Å². The lowest BCUT2D eigenvalue weighted by Gasteiger charge is -2.09. The van der Waals surface area contributed by atoms with Gasteiger partial charge in [0.05, 0.1) is 0 Å². The van der Waals surface area contributed by atoms with Crippen LogP contribution >= 0.6 is 0 Å². The molecule has 0 bridgehead atoms. The van der Waals surface area contributed by atoms with E-state index in [1.54, 1.807) is 24.3 Å². The van der Waals surface area contributed by atoms with Gasteiger partial charge >= 0.3 is 0 Å². The third kappa shape index (κ3) is 5.08. The number of rotatable bonds is 6. The highest BCUT2D eigenvalue weighted by molar-refractivity contribution is 6.10. The van der Waals surface area contributed by atoms with Gasteiger partial charge in [0, 0.05) is 5.69 Å². The van der Waals surface area contributed by atoms with Crippen LogP contribution in [0, 0.1) is 25.2 Å². The van der Waals surface area contributed by atoms with Crippen molar-refractivity contribution in [2.75, 3.05) is 11.9 Å². The molecule has 25 heavy (non-hydrogen) atoms. The lowest BCUT2D eigenvalue weighted by Crippen LogP contribution is -2.14. The molecule has 0 aromatic heterocycles. The first-order chi connectivity index (χ1) is 12.0. The van der Waals surface area contributed by atoms with E-state index in [2.05, 4.69) is 11.9 Å². The zero-order valence-electron chi connectivity index (χ0n) is 14.4. The number of carbonyl (C=O) groups excluding carboxylic acids is 1. The normalized spacial score (nSPS) is 10.7. The van der Waals surface area contributed by atoms with Crippen molar-refractivity contribution in [2.24, 2.45) is 0 Å². The average Bonchev–Trinajstić information content (AvgIpc) is 2.60. The molecule has 2 rings (SSSR count). The summed E-state index contributed by atoms with van der Waals surface area (Å²) in [5.74, 6) is 0.215. The van der Waals surface area contributed by atoms with E-state index in [1.165, 1.54) is 0 Å². The zero-order chi connectivity index (χ0) is 18.2. The molecule has 1 N–H and O–H groups in total. The minimum Gasteiger partial charge on any atom is -0.490 e. The highest BCUT2D eigenvalue weighted by Gasteiger charge is 2.11. The molecule has 0 spiro atoms. The summed E-state index contributed by atoms with van der Waals surface area (Å²) in [7, 11) is 0. The minimum atomic E-state index is -0.438. The number of hydrogen-bond donors (Lipinski definition) is 1. The summed E-state index contributed by atoms with van der Waals surface area (Å²) < 4.78 is 5.46. The monoisotopic (exact) mass is 332 g/mol. The van der Waals surface area contributed by atoms with Crippen LogP contribution in [0.5, 0.6) is 5.75 Å². The van der Waals surface area contributed by atoms with Gasteiger partial charge in [0.25, 0.3) is 5.91 Å². The lowest BCUT2D eigenvalue weighted by molar-refractivity contribution is -0.112. The van der Waals surface area contributed by atoms with E-state index in [0.717, 1.165) is 11.1 Å². The number of hydrogen-bond acceptors (Lipinski definition) is 3. The molecule has 0 aliphatic heterocycles. The molecular weight excluding hydrogens is 312 g/mol. The summed E-state index contributed by atoms with van der Waals surface area (Å²) >= 11 is 0. The first-order valence-corrected chi connectivity index (χ1v) is 7.87. The molecule has 4 nitrogen and oxygen atoms in total. The standard InChI is InChI=1S/C21H20N2O2/c1-4-10-25-19-7-5-6-17(13-19)12-18(14-22)21(24)23-20-9-8-15(2)11-16(20)3/h4-9,11-13H,1,10H2,2-3H3,(H,23,24)/b18-12-. The second-order valence-corrected chi connectivity index (χ2v) is 5.61. The Hall–Kier alpha value is -3.32. The summed E-state index contributed by atoms with van der Waals surface area (Å²) in [6.07, 6.45) is 3.19. The molecule has 126 valence electrons. The van der Waals surface area contributed by atoms with E-state index in [4.69, 9.17) is 4.74 Å². The third-order valence-corrected chi connectivity index (χ3v) is 3.53. The van der Waals surface area contributed by atoms with Crippen LogP contribution in [0.3, 0.4) is 0 Å². The Morgan fingerprint density at radius 2 is 2.08 bits per heavy atom. The maximum atomic E-state index is 12.4. The SMILES string of the molecule is C=CCOc1cccc(/C=C(/C#N)C(=O)Nc2ccc(C)cc2C)c1. The van der Waals surface area contributed by atoms with Gasteiger partial charge in [-0.2, -0.15) is 5.26 Å². The highest BCUT2D eigenvalue weighted by Crippen LogP contribution is 2.19. The predicted octanol–water partition coefficient (Wildman–Crippen LogP) is 4.41. The summed E-state index contributed by atoms with van der Waals surface area (Å²) in [4.78, 5) is 12.4. The number of nitrogens with zero attached hydrogens (tertiary/aromatic N) is 1. The maximum absolute atomic E-state index is 12.4. The summed E-state index contributed by atoms with van der Waals surface area (Å²) in [5, 5.41) is 12.1. The molecule has 4 heteroatoms. The molecule has 0 radical (unpaired) electrons. The second-order valence-electron chi connectivity index (χ2n) is 5.61. The van der Waals surface area contributed by atoms with E-state index < -0.39 is 5.91 Å². The summed E-state index contributed by atoms with van der Waals surface area (Å²) in [5.41, 5.74) is 3.50. The molecule has 0 saturated carbocycles. The van der Waals surface area contributed by atoms with Crippen LogP contribution in [-0.2, 0) is 4.79 Å². The smallest absolute Gasteiger partial charge is 0.266 e. The predicted molar refractivity (Wildman–Crippen MR) is 100 cm³/mol. The molecule has 0 aliphatic carbocycles. The van der Waals surface area contributed by atoms with Crippen molar-refractivity contribution in [3.8, 4) is 11.8 Å². The van der Waals surface area contributed by atoms with Gasteiger partial charge in [0.15, 0.2) is 0 Å². The van der Waals surface area contributed by atoms with Crippen molar-refractivity contribution in [3.63, 3.8) is 0 Å². The minimum absolute atomic E-state index is 0.0286. The van der Waals surface area contributed by atoms with Gasteiger partial charge in [-0.1, -0.05) is 42.5 Å². The fourth-order valence-corrected chi connectivity index (χ4v) is 2.31. The fraction of sp³-hybridized carbons (Fsp3) is 0.143. The van der Waals surface area contributed by atoms with Gasteiger partial charge in [-0.05, 0) is 49.2 Å². The molecular formula is C21H20N2O2. The summed E-state index contributed by atoms with van der Waals surface area (Å²) in [6.45, 7) is 7.90. The molecule has 0 atom stereocenters. The van der Waals surface area contributed by atoms with Crippen molar-refractivity contribution in [3.05, 3.63) is 77.4 Å². The molecule has 0 saturated heterocycles. The van der Waals surface area contributed by atoms with Crippen LogP contribution in [-0.4, -0.2) is 12.5 Å². The van der Waals surface area contributed by atoms with E-state index >= 15 is 0 Å². The molecule has 0 aliphatic rings. The topological polar surface area (TPSA) is 62.1 Å². The Morgan fingerprint density at radius 3 is 2.76 bits per heavy atom. The zero-order valence-corrected chi connectivity index (χ0v) is 14.4. The van der Waals surface area contributed by atoms with Crippen molar-refractivity contribution >= 4 is 17.7 Å². The molecule has 2 aromatic rings. The Labute approximate surface area is 148 Å². The number of nitriles is 1. The number of amides is 1. The van der Waals surface area contributed by atoms with Crippen LogP contribution in [0.4, 0.5) is 5.69 Å². The van der Waals surface area contributed by atoms with Crippen LogP contribution in [0.15, 0.2) is 60.7 Å². The molecule has 0 fully saturated rings. The second kappa shape index (κ2) is 8.51. The van der Waals surface area contributed by atoms with Crippen molar-refractivity contribution in [1.82, 2.24) is 0 Å². The van der Waals surface area contributed by atoms with Gasteiger partial charge in [-0.15, -0.1) is 0 Å². The van der Waals surface area contributed by atoms with Gasteiger partial charge < -0.3 is 10.1 Å². The number of ether oxygens (including phenoxy) is 1. The van der Waals surface area contributed by atoms with Crippen molar-refractivity contribution in [1.29, 1.82) is 5.26 Å². The number of nitrogens with one attached hydrogen (secondary N) is 1. The largest absolute Gasteiger partial charge is 0.490 e. The highest BCUT2D eigenvalue weighted by atomic mass is 16.5. The number of aryl methyl sites for hydroxylation is 2. The molecule has 0 unspecified atom stereocenters. The number of benzene rings is 2. The van der Waals surface area contributed by atoms with Crippen LogP contribution in [0.25, 0.3) is 6.08 Å². The first-order valence-electron chi connectivity index (χ1n) is 7.87. The van der Waals surface area contributed by atoms with Crippen molar-refractivity contribution < 1.29 is 9.53 Å². The van der Waals surface area contributed by atoms with E-state index in [0.29, 0.717) is 23.6 Å². The van der Waals surface area contributed by atoms with Gasteiger partial charge in [0.1, 0.15) is 24.0 Å². The average molecular weight is 332 g/mol. The van der Waals surface area contributed by atoms with Gasteiger partial charge in [0.2, 0.25) is 0 Å². The molecule has 0 heterocycles. The Kier molecular flexibility index (Phi) is 6.14. The van der Waals surface area contributed by atoms with Crippen LogP contribution in [0.1, 0.15) is 16.7 Å². The fourth-order valence-electron chi connectivity index (χ4n) is 2.31. The quantitative estimate of drug-likeness (QED) is 0.484. The lowest BCUT2D eigenvalue weighted by atomic mass is 10.1. The maximum Gasteiger partial charge on any atom is 0.266 e. The third-order valence-electron chi connectivity index (χ3n) is 3.53.